The van der Waals surface area contributed by atoms with Crippen LogP contribution in [0, 0.1) is 0 Å². The van der Waals surface area contributed by atoms with Crippen molar-refractivity contribution in [3.05, 3.63) is 64.7 Å². The number of nitrogens with one attached hydrogen (secondary N) is 1. The lowest BCUT2D eigenvalue weighted by Gasteiger charge is -2.16. The summed E-state index contributed by atoms with van der Waals surface area (Å²) in [6, 6.07) is 13.7. The molecule has 1 heterocycles. The number of nitrogens with zero attached hydrogens (tertiary/aromatic N) is 3. The summed E-state index contributed by atoms with van der Waals surface area (Å²) >= 11 is 7.62. The molecule has 3 rings (SSSR count). The summed E-state index contributed by atoms with van der Waals surface area (Å²) in [6.07, 6.45) is 0. The minimum absolute atomic E-state index is 0.134. The number of carbonyl (C=O) groups excluding carboxylic acids is 2. The first-order chi connectivity index (χ1) is 13.9. The molecule has 0 aliphatic carbocycles. The predicted octanol–water partition coefficient (Wildman–Crippen LogP) is 4.21. The van der Waals surface area contributed by atoms with Crippen LogP contribution in [0.1, 0.15) is 35.8 Å². The van der Waals surface area contributed by atoms with Gasteiger partial charge in [0.25, 0.3) is 0 Å². The molecule has 0 aliphatic heterocycles. The van der Waals surface area contributed by atoms with E-state index in [1.807, 2.05) is 24.3 Å². The van der Waals surface area contributed by atoms with Crippen molar-refractivity contribution in [3.63, 3.8) is 0 Å². The Labute approximate surface area is 177 Å². The number of amides is 1. The van der Waals surface area contributed by atoms with Crippen molar-refractivity contribution in [2.75, 3.05) is 11.1 Å². The van der Waals surface area contributed by atoms with Crippen LogP contribution in [0.4, 0.5) is 11.6 Å². The van der Waals surface area contributed by atoms with Crippen molar-refractivity contribution >= 4 is 46.7 Å². The number of anilines is 2. The number of hydrogen-bond donors (Lipinski definition) is 2. The van der Waals surface area contributed by atoms with E-state index in [9.17, 15) is 9.59 Å². The number of ketones is 1. The Kier molecular flexibility index (Phi) is 6.56. The van der Waals surface area contributed by atoms with E-state index in [1.165, 1.54) is 18.7 Å². The van der Waals surface area contributed by atoms with Crippen molar-refractivity contribution in [3.8, 4) is 0 Å². The lowest BCUT2D eigenvalue weighted by atomic mass is 10.0. The number of nitrogens with two attached hydrogens (primary N) is 1. The quantitative estimate of drug-likeness (QED) is 0.430. The number of halogens is 1. The van der Waals surface area contributed by atoms with E-state index in [-0.39, 0.29) is 17.6 Å². The molecule has 0 spiro atoms. The van der Waals surface area contributed by atoms with Gasteiger partial charge in [-0.25, -0.2) is 0 Å². The van der Waals surface area contributed by atoms with E-state index in [2.05, 4.69) is 15.5 Å². The van der Waals surface area contributed by atoms with Gasteiger partial charge in [-0.1, -0.05) is 41.6 Å². The van der Waals surface area contributed by atoms with Gasteiger partial charge in [-0.05, 0) is 42.8 Å². The second-order valence-corrected chi connectivity index (χ2v) is 7.74. The van der Waals surface area contributed by atoms with Crippen molar-refractivity contribution in [2.45, 2.75) is 30.8 Å². The molecule has 1 aromatic heterocycles. The molecule has 0 radical (unpaired) electrons. The van der Waals surface area contributed by atoms with Gasteiger partial charge in [0, 0.05) is 29.0 Å². The van der Waals surface area contributed by atoms with E-state index >= 15 is 0 Å². The van der Waals surface area contributed by atoms with Gasteiger partial charge < -0.3 is 11.1 Å². The molecule has 0 bridgehead atoms. The van der Waals surface area contributed by atoms with Gasteiger partial charge >= 0.3 is 0 Å². The zero-order chi connectivity index (χ0) is 21.0. The van der Waals surface area contributed by atoms with Crippen LogP contribution in [0.3, 0.4) is 0 Å². The Morgan fingerprint density at radius 3 is 2.52 bits per heavy atom. The van der Waals surface area contributed by atoms with Crippen LogP contribution in [0.25, 0.3) is 0 Å². The fourth-order valence-electron chi connectivity index (χ4n) is 2.79. The number of carbonyl (C=O) groups is 2. The molecule has 3 N–H and O–H groups in total. The topological polar surface area (TPSA) is 103 Å². The van der Waals surface area contributed by atoms with Crippen molar-refractivity contribution in [1.29, 1.82) is 0 Å². The summed E-state index contributed by atoms with van der Waals surface area (Å²) in [5, 5.41) is 11.9. The molecule has 150 valence electrons. The molecule has 0 saturated carbocycles. The summed E-state index contributed by atoms with van der Waals surface area (Å²) in [7, 11) is 0. The number of Topliss-reactive ketones (excluding diaryl/α,β-unsaturated/α-hetero) is 1. The predicted molar refractivity (Wildman–Crippen MR) is 115 cm³/mol. The maximum absolute atomic E-state index is 13.0. The molecule has 3 aromatic rings. The first-order valence-electron chi connectivity index (χ1n) is 8.85. The van der Waals surface area contributed by atoms with Gasteiger partial charge in [-0.15, -0.1) is 10.2 Å². The highest BCUT2D eigenvalue weighted by molar-refractivity contribution is 7.98. The van der Waals surface area contributed by atoms with Gasteiger partial charge in [0.05, 0.1) is 6.04 Å². The minimum atomic E-state index is -0.592. The summed E-state index contributed by atoms with van der Waals surface area (Å²) in [4.78, 5) is 24.1. The Balaban J connectivity index is 1.77. The third-order valence-electron chi connectivity index (χ3n) is 4.26. The highest BCUT2D eigenvalue weighted by Gasteiger charge is 2.23. The normalized spacial score (nSPS) is 11.8. The maximum atomic E-state index is 13.0. The number of nitrogen functional groups attached to an aromatic ring is 1. The summed E-state index contributed by atoms with van der Waals surface area (Å²) in [6.45, 7) is 3.18. The minimum Gasteiger partial charge on any atom is -0.368 e. The Bertz CT molecular complexity index is 1040. The van der Waals surface area contributed by atoms with E-state index in [0.717, 1.165) is 5.56 Å². The molecule has 0 aliphatic rings. The third-order valence-corrected chi connectivity index (χ3v) is 5.62. The van der Waals surface area contributed by atoms with E-state index in [0.29, 0.717) is 27.2 Å². The van der Waals surface area contributed by atoms with Crippen LogP contribution < -0.4 is 11.1 Å². The zero-order valence-corrected chi connectivity index (χ0v) is 17.5. The largest absolute Gasteiger partial charge is 0.368 e. The van der Waals surface area contributed by atoms with Crippen LogP contribution in [-0.4, -0.2) is 26.5 Å². The molecule has 29 heavy (non-hydrogen) atoms. The molecule has 0 saturated heterocycles. The van der Waals surface area contributed by atoms with E-state index in [4.69, 9.17) is 17.3 Å². The molecular weight excluding hydrogens is 410 g/mol. The molecule has 0 fully saturated rings. The molecule has 1 atom stereocenters. The highest BCUT2D eigenvalue weighted by atomic mass is 35.5. The monoisotopic (exact) mass is 429 g/mol. The molecule has 9 heteroatoms. The van der Waals surface area contributed by atoms with Gasteiger partial charge in [0.2, 0.25) is 11.9 Å². The van der Waals surface area contributed by atoms with Crippen molar-refractivity contribution in [2.24, 2.45) is 0 Å². The van der Waals surface area contributed by atoms with Crippen LogP contribution in [0.5, 0.6) is 0 Å². The second kappa shape index (κ2) is 9.11. The Morgan fingerprint density at radius 2 is 1.86 bits per heavy atom. The molecule has 2 aromatic carbocycles. The average molecular weight is 430 g/mol. The number of rotatable bonds is 7. The van der Waals surface area contributed by atoms with Crippen molar-refractivity contribution in [1.82, 2.24) is 14.8 Å². The summed E-state index contributed by atoms with van der Waals surface area (Å²) < 4.78 is 1.62. The number of hydrogen-bond acceptors (Lipinski definition) is 6. The summed E-state index contributed by atoms with van der Waals surface area (Å²) in [5.74, 6) is 0.437. The maximum Gasteiger partial charge on any atom is 0.223 e. The second-order valence-electron chi connectivity index (χ2n) is 6.39. The first-order valence-corrected chi connectivity index (χ1v) is 10.2. The van der Waals surface area contributed by atoms with E-state index in [1.54, 1.807) is 35.8 Å². The smallest absolute Gasteiger partial charge is 0.223 e. The van der Waals surface area contributed by atoms with Gasteiger partial charge in [-0.3, -0.25) is 14.2 Å². The van der Waals surface area contributed by atoms with Gasteiger partial charge in [-0.2, -0.15) is 0 Å². The lowest BCUT2D eigenvalue weighted by molar-refractivity contribution is -0.114. The number of thioether (sulfide) groups is 1. The highest BCUT2D eigenvalue weighted by Crippen LogP contribution is 2.29. The fraction of sp³-hybridized carbons (Fsp3) is 0.200. The summed E-state index contributed by atoms with van der Waals surface area (Å²) in [5.41, 5.74) is 8.07. The van der Waals surface area contributed by atoms with Gasteiger partial charge in [0.1, 0.15) is 0 Å². The standard InChI is InChI=1S/C20H20ClN5O2S/c1-12(18(28)14-7-9-16(10-8-14)23-13(2)27)26-19(22)24-25-20(26)29-11-15-5-3-4-6-17(15)21/h3-10,12H,11H2,1-2H3,(H2,22,24)(H,23,27). The van der Waals surface area contributed by atoms with Crippen molar-refractivity contribution < 1.29 is 9.59 Å². The SMILES string of the molecule is CC(=O)Nc1ccc(C(=O)C(C)n2c(N)nnc2SCc2ccccc2Cl)cc1. The Morgan fingerprint density at radius 1 is 1.17 bits per heavy atom. The Hall–Kier alpha value is -2.84. The molecule has 1 unspecified atom stereocenters. The number of aromatic nitrogens is 3. The fourth-order valence-corrected chi connectivity index (χ4v) is 4.10. The lowest BCUT2D eigenvalue weighted by Crippen LogP contribution is -2.19. The van der Waals surface area contributed by atoms with Crippen LogP contribution in [0.2, 0.25) is 5.02 Å². The van der Waals surface area contributed by atoms with Crippen LogP contribution >= 0.6 is 23.4 Å². The first kappa shape index (κ1) is 20.9. The third kappa shape index (κ3) is 4.96. The molecule has 1 amide bonds. The molecule has 7 nitrogen and oxygen atoms in total. The van der Waals surface area contributed by atoms with Crippen LogP contribution in [0.15, 0.2) is 53.7 Å². The average Bonchev–Trinajstić information content (AvgIpc) is 3.07. The van der Waals surface area contributed by atoms with Crippen LogP contribution in [-0.2, 0) is 10.5 Å². The number of benzene rings is 2. The van der Waals surface area contributed by atoms with E-state index < -0.39 is 6.04 Å². The molecular formula is C20H20ClN5O2S. The zero-order valence-electron chi connectivity index (χ0n) is 15.9. The van der Waals surface area contributed by atoms with Gasteiger partial charge in [0.15, 0.2) is 10.9 Å².